The van der Waals surface area contributed by atoms with Crippen molar-refractivity contribution in [1.29, 1.82) is 0 Å². The molecule has 0 spiro atoms. The first-order valence-corrected chi connectivity index (χ1v) is 5.61. The molecule has 0 nitrogen and oxygen atoms in total. The van der Waals surface area contributed by atoms with Gasteiger partial charge < -0.3 is 0 Å². The van der Waals surface area contributed by atoms with Crippen molar-refractivity contribution in [2.24, 2.45) is 5.41 Å². The molecule has 0 aromatic rings. The van der Waals surface area contributed by atoms with Gasteiger partial charge in [0.15, 0.2) is 0 Å². The third-order valence-corrected chi connectivity index (χ3v) is 3.45. The summed E-state index contributed by atoms with van der Waals surface area (Å²) >= 11 is 4.26. The average Bonchev–Trinajstić information content (AvgIpc) is 2.06. The van der Waals surface area contributed by atoms with Crippen LogP contribution in [0.15, 0.2) is 12.2 Å². The molecule has 0 aliphatic heterocycles. The molecule has 0 aromatic carbocycles. The van der Waals surface area contributed by atoms with E-state index in [2.05, 4.69) is 26.1 Å². The third kappa shape index (κ3) is 2.29. The summed E-state index contributed by atoms with van der Waals surface area (Å²) in [6, 6.07) is 0. The summed E-state index contributed by atoms with van der Waals surface area (Å²) in [5.74, 6) is 0.953. The maximum absolute atomic E-state index is 4.26. The highest BCUT2D eigenvalue weighted by Crippen LogP contribution is 2.42. The Bertz CT molecular complexity index is 154. The number of hydrogen-bond donors (Lipinski definition) is 1. The van der Waals surface area contributed by atoms with E-state index in [9.17, 15) is 0 Å². The van der Waals surface area contributed by atoms with E-state index in [1.54, 1.807) is 0 Å². The van der Waals surface area contributed by atoms with Crippen LogP contribution in [-0.4, -0.2) is 5.75 Å². The minimum atomic E-state index is 0.445. The van der Waals surface area contributed by atoms with E-state index < -0.39 is 0 Å². The van der Waals surface area contributed by atoms with Gasteiger partial charge in [0.2, 0.25) is 0 Å². The molecule has 1 aliphatic carbocycles. The molecular weight excluding hydrogens is 164 g/mol. The third-order valence-electron chi connectivity index (χ3n) is 3.22. The predicted molar refractivity (Wildman–Crippen MR) is 58.8 cm³/mol. The number of rotatable bonds is 3. The molecule has 0 N–H and O–H groups in total. The summed E-state index contributed by atoms with van der Waals surface area (Å²) in [6.45, 7) is 6.56. The zero-order chi connectivity index (χ0) is 9.03. The lowest BCUT2D eigenvalue weighted by molar-refractivity contribution is 0.263. The van der Waals surface area contributed by atoms with Crippen LogP contribution < -0.4 is 0 Å². The molecule has 1 rings (SSSR count). The highest BCUT2D eigenvalue weighted by molar-refractivity contribution is 7.80. The van der Waals surface area contributed by atoms with Crippen LogP contribution >= 0.6 is 12.6 Å². The van der Waals surface area contributed by atoms with Crippen LogP contribution in [0.1, 0.15) is 45.4 Å². The Morgan fingerprint density at radius 1 is 1.33 bits per heavy atom. The SMILES string of the molecule is C=C(CCS)C1(C)CCCCC1. The molecule has 12 heavy (non-hydrogen) atoms. The van der Waals surface area contributed by atoms with Crippen molar-refractivity contribution >= 4 is 12.6 Å². The van der Waals surface area contributed by atoms with E-state index in [0.717, 1.165) is 12.2 Å². The zero-order valence-corrected chi connectivity index (χ0v) is 9.00. The van der Waals surface area contributed by atoms with Crippen molar-refractivity contribution in [3.63, 3.8) is 0 Å². The van der Waals surface area contributed by atoms with Gasteiger partial charge in [-0.2, -0.15) is 12.6 Å². The number of thiol groups is 1. The molecule has 70 valence electrons. The molecule has 0 aromatic heterocycles. The second-order valence-electron chi connectivity index (χ2n) is 4.20. The van der Waals surface area contributed by atoms with Gasteiger partial charge in [-0.1, -0.05) is 38.3 Å². The van der Waals surface area contributed by atoms with Crippen LogP contribution in [0.25, 0.3) is 0 Å². The quantitative estimate of drug-likeness (QED) is 0.500. The Hall–Kier alpha value is 0.0900. The monoisotopic (exact) mass is 184 g/mol. The molecule has 0 heterocycles. The molecule has 0 bridgehead atoms. The van der Waals surface area contributed by atoms with Gasteiger partial charge in [0.1, 0.15) is 0 Å². The molecule has 0 amide bonds. The van der Waals surface area contributed by atoms with Crippen LogP contribution in [-0.2, 0) is 0 Å². The van der Waals surface area contributed by atoms with Gasteiger partial charge >= 0.3 is 0 Å². The molecule has 0 radical (unpaired) electrons. The minimum Gasteiger partial charge on any atom is -0.179 e. The maximum atomic E-state index is 4.26. The molecule has 0 atom stereocenters. The van der Waals surface area contributed by atoms with Gasteiger partial charge in [-0.25, -0.2) is 0 Å². The van der Waals surface area contributed by atoms with Crippen LogP contribution in [0.4, 0.5) is 0 Å². The van der Waals surface area contributed by atoms with Gasteiger partial charge in [-0.3, -0.25) is 0 Å². The number of hydrogen-bond acceptors (Lipinski definition) is 1. The highest BCUT2D eigenvalue weighted by Gasteiger charge is 2.28. The fourth-order valence-electron chi connectivity index (χ4n) is 2.12. The summed E-state index contributed by atoms with van der Waals surface area (Å²) in [7, 11) is 0. The van der Waals surface area contributed by atoms with Gasteiger partial charge in [-0.05, 0) is 30.4 Å². The Morgan fingerprint density at radius 2 is 1.92 bits per heavy atom. The van der Waals surface area contributed by atoms with E-state index in [4.69, 9.17) is 0 Å². The normalized spacial score (nSPS) is 22.2. The largest absolute Gasteiger partial charge is 0.179 e. The van der Waals surface area contributed by atoms with Crippen molar-refractivity contribution in [1.82, 2.24) is 0 Å². The van der Waals surface area contributed by atoms with Gasteiger partial charge in [0.05, 0.1) is 0 Å². The lowest BCUT2D eigenvalue weighted by Crippen LogP contribution is -2.22. The molecule has 1 saturated carbocycles. The summed E-state index contributed by atoms with van der Waals surface area (Å²) in [4.78, 5) is 0. The molecule has 1 fully saturated rings. The van der Waals surface area contributed by atoms with Crippen LogP contribution in [0, 0.1) is 5.41 Å². The van der Waals surface area contributed by atoms with Gasteiger partial charge in [-0.15, -0.1) is 0 Å². The fourth-order valence-corrected chi connectivity index (χ4v) is 2.39. The molecular formula is C11H20S. The predicted octanol–water partition coefficient (Wildman–Crippen LogP) is 3.83. The van der Waals surface area contributed by atoms with E-state index in [0.29, 0.717) is 5.41 Å². The van der Waals surface area contributed by atoms with Crippen molar-refractivity contribution in [2.45, 2.75) is 45.4 Å². The average molecular weight is 184 g/mol. The van der Waals surface area contributed by atoms with E-state index in [1.807, 2.05) is 0 Å². The molecule has 0 saturated heterocycles. The maximum Gasteiger partial charge on any atom is -0.00605 e. The van der Waals surface area contributed by atoms with Crippen molar-refractivity contribution in [3.05, 3.63) is 12.2 Å². The topological polar surface area (TPSA) is 0 Å². The second kappa shape index (κ2) is 4.36. The fraction of sp³-hybridized carbons (Fsp3) is 0.818. The van der Waals surface area contributed by atoms with E-state index >= 15 is 0 Å². The second-order valence-corrected chi connectivity index (χ2v) is 4.65. The molecule has 0 unspecified atom stereocenters. The summed E-state index contributed by atoms with van der Waals surface area (Å²) in [5.41, 5.74) is 1.87. The Labute approximate surface area is 81.8 Å². The van der Waals surface area contributed by atoms with E-state index in [-0.39, 0.29) is 0 Å². The number of allylic oxidation sites excluding steroid dienone is 1. The van der Waals surface area contributed by atoms with Crippen LogP contribution in [0.2, 0.25) is 0 Å². The Balaban J connectivity index is 2.50. The Morgan fingerprint density at radius 3 is 2.42 bits per heavy atom. The van der Waals surface area contributed by atoms with Crippen molar-refractivity contribution in [3.8, 4) is 0 Å². The first-order valence-electron chi connectivity index (χ1n) is 4.98. The first-order chi connectivity index (χ1) is 5.69. The van der Waals surface area contributed by atoms with Crippen molar-refractivity contribution < 1.29 is 0 Å². The summed E-state index contributed by atoms with van der Waals surface area (Å²) in [5, 5.41) is 0. The minimum absolute atomic E-state index is 0.445. The van der Waals surface area contributed by atoms with Crippen LogP contribution in [0.5, 0.6) is 0 Å². The summed E-state index contributed by atoms with van der Waals surface area (Å²) < 4.78 is 0. The zero-order valence-electron chi connectivity index (χ0n) is 8.10. The lowest BCUT2D eigenvalue weighted by atomic mass is 9.70. The first kappa shape index (κ1) is 10.2. The van der Waals surface area contributed by atoms with Gasteiger partial charge in [0.25, 0.3) is 0 Å². The highest BCUT2D eigenvalue weighted by atomic mass is 32.1. The van der Waals surface area contributed by atoms with Crippen molar-refractivity contribution in [2.75, 3.05) is 5.75 Å². The van der Waals surface area contributed by atoms with Gasteiger partial charge in [0, 0.05) is 0 Å². The lowest BCUT2D eigenvalue weighted by Gasteiger charge is -2.35. The standard InChI is InChI=1S/C11H20S/c1-10(6-9-12)11(2)7-4-3-5-8-11/h12H,1,3-9H2,2H3. The summed E-state index contributed by atoms with van der Waals surface area (Å²) in [6.07, 6.45) is 7.99. The molecule has 1 heteroatoms. The van der Waals surface area contributed by atoms with Crippen LogP contribution in [0.3, 0.4) is 0 Å². The Kier molecular flexibility index (Phi) is 3.70. The molecule has 1 aliphatic rings. The van der Waals surface area contributed by atoms with E-state index in [1.165, 1.54) is 37.7 Å². The smallest absolute Gasteiger partial charge is 0.00605 e.